The highest BCUT2D eigenvalue weighted by atomic mass is 32.1. The van der Waals surface area contributed by atoms with Gasteiger partial charge in [0.2, 0.25) is 0 Å². The monoisotopic (exact) mass is 410 g/mol. The molecule has 7 heteroatoms. The number of benzene rings is 1. The summed E-state index contributed by atoms with van der Waals surface area (Å²) in [5, 5.41) is 4.18. The highest BCUT2D eigenvalue weighted by Crippen LogP contribution is 2.36. The van der Waals surface area contributed by atoms with Gasteiger partial charge in [0, 0.05) is 43.3 Å². The van der Waals surface area contributed by atoms with E-state index in [-0.39, 0.29) is 0 Å². The Hall–Kier alpha value is -2.64. The second kappa shape index (κ2) is 7.65. The Morgan fingerprint density at radius 3 is 2.48 bits per heavy atom. The Morgan fingerprint density at radius 1 is 1.14 bits per heavy atom. The van der Waals surface area contributed by atoms with Gasteiger partial charge in [-0.2, -0.15) is 0 Å². The lowest BCUT2D eigenvalue weighted by molar-refractivity contribution is 0.00708. The predicted octanol–water partition coefficient (Wildman–Crippen LogP) is 4.26. The second-order valence-corrected chi connectivity index (χ2v) is 8.64. The highest BCUT2D eigenvalue weighted by molar-refractivity contribution is 7.71. The molecule has 6 nitrogen and oxygen atoms in total. The van der Waals surface area contributed by atoms with Gasteiger partial charge in [-0.15, -0.1) is 0 Å². The minimum Gasteiger partial charge on any atom is -0.456 e. The van der Waals surface area contributed by atoms with Crippen LogP contribution in [-0.4, -0.2) is 47.7 Å². The number of carbonyl (C=O) groups is 1. The first-order valence-electron chi connectivity index (χ1n) is 9.87. The van der Waals surface area contributed by atoms with Crippen molar-refractivity contribution in [3.8, 4) is 11.1 Å². The second-order valence-electron chi connectivity index (χ2n) is 8.24. The van der Waals surface area contributed by atoms with Crippen LogP contribution in [0.15, 0.2) is 36.5 Å². The maximum atomic E-state index is 13.1. The molecular formula is C22H26N4O2S. The molecule has 1 saturated heterocycles. The van der Waals surface area contributed by atoms with E-state index < -0.39 is 11.6 Å². The fourth-order valence-electron chi connectivity index (χ4n) is 3.71. The fraction of sp³-hybridized carbons (Fsp3) is 0.364. The lowest BCUT2D eigenvalue weighted by Gasteiger charge is -2.30. The SMILES string of the molecule is CC(C)(C)OC(=O)c1c(=S)[nH]c(N2CCNCC2)c2[nH]cc(-c3ccccc3)c12. The quantitative estimate of drug-likeness (QED) is 0.445. The maximum Gasteiger partial charge on any atom is 0.342 e. The third kappa shape index (κ3) is 3.93. The number of aromatic amines is 2. The Labute approximate surface area is 175 Å². The summed E-state index contributed by atoms with van der Waals surface area (Å²) in [5.74, 6) is 0.508. The standard InChI is InChI=1S/C22H26N4O2S/c1-22(2,3)28-21(27)17-16-15(14-7-5-4-6-8-14)13-24-18(16)19(25-20(17)29)26-11-9-23-10-12-26/h4-8,13,23-24H,9-12H2,1-3H3,(H,25,29). The molecule has 0 radical (unpaired) electrons. The molecule has 3 aromatic rings. The number of rotatable bonds is 3. The van der Waals surface area contributed by atoms with Crippen LogP contribution in [-0.2, 0) is 4.74 Å². The van der Waals surface area contributed by atoms with E-state index in [1.807, 2.05) is 57.3 Å². The van der Waals surface area contributed by atoms with Crippen molar-refractivity contribution < 1.29 is 9.53 Å². The number of anilines is 1. The Morgan fingerprint density at radius 2 is 1.83 bits per heavy atom. The van der Waals surface area contributed by atoms with Gasteiger partial charge in [0.25, 0.3) is 0 Å². The van der Waals surface area contributed by atoms with Gasteiger partial charge in [-0.3, -0.25) is 0 Å². The van der Waals surface area contributed by atoms with Crippen LogP contribution in [0.4, 0.5) is 5.82 Å². The molecule has 1 aromatic carbocycles. The Balaban J connectivity index is 1.96. The molecule has 0 amide bonds. The average molecular weight is 411 g/mol. The fourth-order valence-corrected chi connectivity index (χ4v) is 3.99. The lowest BCUT2D eigenvalue weighted by atomic mass is 10.0. The average Bonchev–Trinajstić information content (AvgIpc) is 3.12. The van der Waals surface area contributed by atoms with Crippen molar-refractivity contribution in [3.63, 3.8) is 0 Å². The van der Waals surface area contributed by atoms with Crippen LogP contribution in [0.2, 0.25) is 0 Å². The van der Waals surface area contributed by atoms with Crippen molar-refractivity contribution in [2.45, 2.75) is 26.4 Å². The number of nitrogens with one attached hydrogen (secondary N) is 3. The summed E-state index contributed by atoms with van der Waals surface area (Å²) in [6.45, 7) is 9.12. The van der Waals surface area contributed by atoms with Crippen molar-refractivity contribution in [3.05, 3.63) is 46.7 Å². The van der Waals surface area contributed by atoms with Crippen LogP contribution in [0.5, 0.6) is 0 Å². The van der Waals surface area contributed by atoms with Crippen LogP contribution < -0.4 is 10.2 Å². The van der Waals surface area contributed by atoms with Gasteiger partial charge in [-0.05, 0) is 26.3 Å². The number of fused-ring (bicyclic) bond motifs is 1. The van der Waals surface area contributed by atoms with Gasteiger partial charge in [0.15, 0.2) is 0 Å². The zero-order valence-electron chi connectivity index (χ0n) is 17.0. The zero-order chi connectivity index (χ0) is 20.6. The van der Waals surface area contributed by atoms with Crippen LogP contribution in [0.1, 0.15) is 31.1 Å². The molecule has 152 valence electrons. The van der Waals surface area contributed by atoms with Gasteiger partial charge in [0.1, 0.15) is 21.6 Å². The molecule has 0 spiro atoms. The molecule has 3 heterocycles. The van der Waals surface area contributed by atoms with Crippen molar-refractivity contribution in [2.75, 3.05) is 31.1 Å². The van der Waals surface area contributed by atoms with Gasteiger partial charge >= 0.3 is 5.97 Å². The van der Waals surface area contributed by atoms with Crippen LogP contribution in [0, 0.1) is 4.64 Å². The summed E-state index contributed by atoms with van der Waals surface area (Å²) in [5.41, 5.74) is 2.64. The van der Waals surface area contributed by atoms with E-state index in [1.165, 1.54) is 0 Å². The number of hydrogen-bond acceptors (Lipinski definition) is 5. The normalized spacial score (nSPS) is 14.9. The molecule has 1 aliphatic rings. The summed E-state index contributed by atoms with van der Waals surface area (Å²) in [7, 11) is 0. The molecule has 0 atom stereocenters. The molecule has 0 saturated carbocycles. The largest absolute Gasteiger partial charge is 0.456 e. The summed E-state index contributed by atoms with van der Waals surface area (Å²) >= 11 is 5.66. The number of piperazine rings is 1. The smallest absolute Gasteiger partial charge is 0.342 e. The number of hydrogen-bond donors (Lipinski definition) is 3. The molecule has 0 unspecified atom stereocenters. The van der Waals surface area contributed by atoms with Crippen molar-refractivity contribution >= 4 is 34.9 Å². The summed E-state index contributed by atoms with van der Waals surface area (Å²) in [4.78, 5) is 22.1. The van der Waals surface area contributed by atoms with Crippen LogP contribution in [0.25, 0.3) is 22.0 Å². The van der Waals surface area contributed by atoms with E-state index >= 15 is 0 Å². The van der Waals surface area contributed by atoms with E-state index in [9.17, 15) is 4.79 Å². The zero-order valence-corrected chi connectivity index (χ0v) is 17.8. The maximum absolute atomic E-state index is 13.1. The van der Waals surface area contributed by atoms with Gasteiger partial charge < -0.3 is 24.9 Å². The van der Waals surface area contributed by atoms with Gasteiger partial charge in [-0.1, -0.05) is 42.5 Å². The first kappa shape index (κ1) is 19.7. The predicted molar refractivity (Wildman–Crippen MR) is 119 cm³/mol. The van der Waals surface area contributed by atoms with Crippen molar-refractivity contribution in [2.24, 2.45) is 0 Å². The minimum atomic E-state index is -0.606. The number of pyridine rings is 1. The molecule has 0 bridgehead atoms. The summed E-state index contributed by atoms with van der Waals surface area (Å²) < 4.78 is 6.10. The van der Waals surface area contributed by atoms with E-state index in [4.69, 9.17) is 17.0 Å². The molecule has 2 aromatic heterocycles. The number of aromatic nitrogens is 2. The molecule has 1 aliphatic heterocycles. The van der Waals surface area contributed by atoms with Crippen LogP contribution >= 0.6 is 12.2 Å². The number of nitrogens with zero attached hydrogens (tertiary/aromatic N) is 1. The third-order valence-corrected chi connectivity index (χ3v) is 5.25. The topological polar surface area (TPSA) is 73.2 Å². The van der Waals surface area contributed by atoms with E-state index in [1.54, 1.807) is 0 Å². The van der Waals surface area contributed by atoms with Gasteiger partial charge in [-0.25, -0.2) is 4.79 Å². The first-order valence-corrected chi connectivity index (χ1v) is 10.3. The minimum absolute atomic E-state index is 0.400. The highest BCUT2D eigenvalue weighted by Gasteiger charge is 2.27. The Bertz CT molecular complexity index is 1090. The molecule has 29 heavy (non-hydrogen) atoms. The molecule has 1 fully saturated rings. The third-order valence-electron chi connectivity index (χ3n) is 4.95. The number of esters is 1. The number of ether oxygens (including phenoxy) is 1. The first-order chi connectivity index (χ1) is 13.8. The van der Waals surface area contributed by atoms with Crippen LogP contribution in [0.3, 0.4) is 0 Å². The number of H-pyrrole nitrogens is 2. The Kier molecular flexibility index (Phi) is 5.19. The van der Waals surface area contributed by atoms with Crippen molar-refractivity contribution in [1.82, 2.24) is 15.3 Å². The van der Waals surface area contributed by atoms with E-state index in [0.29, 0.717) is 10.2 Å². The molecule has 3 N–H and O–H groups in total. The lowest BCUT2D eigenvalue weighted by Crippen LogP contribution is -2.44. The molecule has 0 aliphatic carbocycles. The summed E-state index contributed by atoms with van der Waals surface area (Å²) in [6, 6.07) is 10.0. The molecular weight excluding hydrogens is 384 g/mol. The van der Waals surface area contributed by atoms with Gasteiger partial charge in [0.05, 0.1) is 5.52 Å². The van der Waals surface area contributed by atoms with E-state index in [0.717, 1.165) is 54.0 Å². The summed E-state index contributed by atoms with van der Waals surface area (Å²) in [6.07, 6.45) is 1.95. The van der Waals surface area contributed by atoms with Crippen molar-refractivity contribution in [1.29, 1.82) is 0 Å². The van der Waals surface area contributed by atoms with E-state index in [2.05, 4.69) is 20.2 Å². The molecule has 4 rings (SSSR count). The number of carbonyl (C=O) groups excluding carboxylic acids is 1.